The Balaban J connectivity index is 1.81. The van der Waals surface area contributed by atoms with E-state index in [4.69, 9.17) is 0 Å². The molecule has 118 valence electrons. The van der Waals surface area contributed by atoms with Crippen molar-refractivity contribution in [3.05, 3.63) is 70.0 Å². The molecular weight excluding hydrogens is 354 g/mol. The molecule has 0 saturated carbocycles. The van der Waals surface area contributed by atoms with E-state index in [1.807, 2.05) is 62.4 Å². The van der Waals surface area contributed by atoms with Crippen molar-refractivity contribution in [2.75, 3.05) is 0 Å². The molecule has 5 heteroatoms. The third kappa shape index (κ3) is 3.68. The molecule has 0 aliphatic rings. The van der Waals surface area contributed by atoms with Gasteiger partial charge in [0.1, 0.15) is 5.82 Å². The van der Waals surface area contributed by atoms with Gasteiger partial charge in [-0.3, -0.25) is 0 Å². The van der Waals surface area contributed by atoms with Crippen molar-refractivity contribution >= 4 is 15.9 Å². The minimum Gasteiger partial charge on any atom is -0.386 e. The van der Waals surface area contributed by atoms with Gasteiger partial charge in [-0.05, 0) is 31.5 Å². The van der Waals surface area contributed by atoms with Crippen LogP contribution in [0.25, 0.3) is 11.4 Å². The van der Waals surface area contributed by atoms with Crippen molar-refractivity contribution in [2.45, 2.75) is 26.5 Å². The van der Waals surface area contributed by atoms with Gasteiger partial charge in [0.2, 0.25) is 0 Å². The molecule has 1 atom stereocenters. The minimum absolute atomic E-state index is 0.387. The molecule has 1 N–H and O–H groups in total. The fourth-order valence-corrected chi connectivity index (χ4v) is 2.64. The molecule has 1 aromatic heterocycles. The zero-order valence-electron chi connectivity index (χ0n) is 13.1. The first-order valence-corrected chi connectivity index (χ1v) is 8.24. The normalized spacial score (nSPS) is 12.3. The monoisotopic (exact) mass is 371 g/mol. The lowest BCUT2D eigenvalue weighted by molar-refractivity contribution is 0.150. The van der Waals surface area contributed by atoms with Crippen LogP contribution in [0.2, 0.25) is 0 Å². The molecular formula is C18H18BrN3O. The summed E-state index contributed by atoms with van der Waals surface area (Å²) >= 11 is 3.42. The van der Waals surface area contributed by atoms with Crippen molar-refractivity contribution < 1.29 is 5.11 Å². The van der Waals surface area contributed by atoms with E-state index < -0.39 is 6.10 Å². The molecule has 1 heterocycles. The molecule has 0 unspecified atom stereocenters. The van der Waals surface area contributed by atoms with Crippen LogP contribution in [-0.4, -0.2) is 19.9 Å². The van der Waals surface area contributed by atoms with Crippen LogP contribution in [0.3, 0.4) is 0 Å². The van der Waals surface area contributed by atoms with Gasteiger partial charge in [0, 0.05) is 10.0 Å². The fourth-order valence-electron chi connectivity index (χ4n) is 2.37. The topological polar surface area (TPSA) is 50.9 Å². The standard InChI is InChI=1S/C18H18BrN3O/c1-12-3-5-14(6-4-12)17(23)11-22-13(2)20-18(21-22)15-7-9-16(19)10-8-15/h3-10,17,23H,11H2,1-2H3/t17-/m0/s1. The molecule has 0 fully saturated rings. The number of aliphatic hydroxyl groups is 1. The summed E-state index contributed by atoms with van der Waals surface area (Å²) in [5.74, 6) is 1.46. The Bertz CT molecular complexity index is 794. The zero-order chi connectivity index (χ0) is 16.4. The van der Waals surface area contributed by atoms with Crippen LogP contribution >= 0.6 is 15.9 Å². The SMILES string of the molecule is Cc1ccc([C@@H](O)Cn2nc(-c3ccc(Br)cc3)nc2C)cc1. The summed E-state index contributed by atoms with van der Waals surface area (Å²) < 4.78 is 2.77. The average molecular weight is 372 g/mol. The van der Waals surface area contributed by atoms with E-state index in [1.54, 1.807) is 4.68 Å². The lowest BCUT2D eigenvalue weighted by Gasteiger charge is -2.12. The Hall–Kier alpha value is -1.98. The van der Waals surface area contributed by atoms with Gasteiger partial charge in [0.25, 0.3) is 0 Å². The van der Waals surface area contributed by atoms with Gasteiger partial charge in [-0.15, -0.1) is 0 Å². The van der Waals surface area contributed by atoms with E-state index in [-0.39, 0.29) is 0 Å². The van der Waals surface area contributed by atoms with Crippen LogP contribution in [0.1, 0.15) is 23.1 Å². The second kappa shape index (κ2) is 6.64. The highest BCUT2D eigenvalue weighted by Crippen LogP contribution is 2.21. The summed E-state index contributed by atoms with van der Waals surface area (Å²) in [6.45, 7) is 4.32. The van der Waals surface area contributed by atoms with Crippen LogP contribution in [0.5, 0.6) is 0 Å². The molecule has 23 heavy (non-hydrogen) atoms. The van der Waals surface area contributed by atoms with E-state index in [2.05, 4.69) is 26.0 Å². The molecule has 2 aromatic carbocycles. The molecule has 0 aliphatic carbocycles. The van der Waals surface area contributed by atoms with E-state index in [0.29, 0.717) is 12.4 Å². The highest BCUT2D eigenvalue weighted by Gasteiger charge is 2.13. The highest BCUT2D eigenvalue weighted by atomic mass is 79.9. The van der Waals surface area contributed by atoms with Crippen LogP contribution in [0.15, 0.2) is 53.0 Å². The van der Waals surface area contributed by atoms with Crippen molar-refractivity contribution in [3.63, 3.8) is 0 Å². The van der Waals surface area contributed by atoms with Gasteiger partial charge in [0.15, 0.2) is 5.82 Å². The van der Waals surface area contributed by atoms with Gasteiger partial charge in [-0.2, -0.15) is 5.10 Å². The first-order chi connectivity index (χ1) is 11.0. The largest absolute Gasteiger partial charge is 0.386 e. The zero-order valence-corrected chi connectivity index (χ0v) is 14.7. The number of hydrogen-bond donors (Lipinski definition) is 1. The Morgan fingerprint density at radius 2 is 1.70 bits per heavy atom. The summed E-state index contributed by atoms with van der Waals surface area (Å²) in [5.41, 5.74) is 3.02. The number of benzene rings is 2. The quantitative estimate of drug-likeness (QED) is 0.752. The van der Waals surface area contributed by atoms with Crippen molar-refractivity contribution in [3.8, 4) is 11.4 Å². The minimum atomic E-state index is -0.603. The maximum Gasteiger partial charge on any atom is 0.181 e. The fraction of sp³-hybridized carbons (Fsp3) is 0.222. The van der Waals surface area contributed by atoms with E-state index in [0.717, 1.165) is 21.4 Å². The number of nitrogens with zero attached hydrogens (tertiary/aromatic N) is 3. The maximum atomic E-state index is 10.4. The number of aromatic nitrogens is 3. The van der Waals surface area contributed by atoms with Crippen molar-refractivity contribution in [1.82, 2.24) is 14.8 Å². The molecule has 3 aromatic rings. The van der Waals surface area contributed by atoms with Crippen LogP contribution < -0.4 is 0 Å². The van der Waals surface area contributed by atoms with Gasteiger partial charge >= 0.3 is 0 Å². The second-order valence-electron chi connectivity index (χ2n) is 5.60. The lowest BCUT2D eigenvalue weighted by atomic mass is 10.1. The summed E-state index contributed by atoms with van der Waals surface area (Å²) in [6.07, 6.45) is -0.603. The van der Waals surface area contributed by atoms with Gasteiger partial charge in [-0.25, -0.2) is 9.67 Å². The van der Waals surface area contributed by atoms with Crippen LogP contribution in [0, 0.1) is 13.8 Å². The lowest BCUT2D eigenvalue weighted by Crippen LogP contribution is -2.11. The number of rotatable bonds is 4. The van der Waals surface area contributed by atoms with Crippen LogP contribution in [0.4, 0.5) is 0 Å². The smallest absolute Gasteiger partial charge is 0.181 e. The number of aliphatic hydroxyl groups excluding tert-OH is 1. The Morgan fingerprint density at radius 3 is 2.35 bits per heavy atom. The number of aryl methyl sites for hydroxylation is 2. The van der Waals surface area contributed by atoms with Gasteiger partial charge in [-0.1, -0.05) is 57.9 Å². The molecule has 0 amide bonds. The molecule has 0 aliphatic heterocycles. The molecule has 0 spiro atoms. The Labute approximate surface area is 143 Å². The predicted molar refractivity (Wildman–Crippen MR) is 94.0 cm³/mol. The van der Waals surface area contributed by atoms with E-state index in [1.165, 1.54) is 5.56 Å². The van der Waals surface area contributed by atoms with Crippen molar-refractivity contribution in [2.24, 2.45) is 0 Å². The van der Waals surface area contributed by atoms with Gasteiger partial charge < -0.3 is 5.11 Å². The van der Waals surface area contributed by atoms with Gasteiger partial charge in [0.05, 0.1) is 12.6 Å². The molecule has 3 rings (SSSR count). The summed E-state index contributed by atoms with van der Waals surface area (Å²) in [6, 6.07) is 15.8. The maximum absolute atomic E-state index is 10.4. The first-order valence-electron chi connectivity index (χ1n) is 7.45. The van der Waals surface area contributed by atoms with E-state index >= 15 is 0 Å². The number of halogens is 1. The second-order valence-corrected chi connectivity index (χ2v) is 6.51. The first kappa shape index (κ1) is 15.9. The summed E-state index contributed by atoms with van der Waals surface area (Å²) in [5, 5.41) is 14.9. The van der Waals surface area contributed by atoms with Crippen LogP contribution in [-0.2, 0) is 6.54 Å². The Kier molecular flexibility index (Phi) is 4.59. The van der Waals surface area contributed by atoms with E-state index in [9.17, 15) is 5.11 Å². The van der Waals surface area contributed by atoms with Crippen molar-refractivity contribution in [1.29, 1.82) is 0 Å². The molecule has 0 bridgehead atoms. The summed E-state index contributed by atoms with van der Waals surface area (Å²) in [7, 11) is 0. The molecule has 0 radical (unpaired) electrons. The predicted octanol–water partition coefficient (Wildman–Crippen LogP) is 4.06. The highest BCUT2D eigenvalue weighted by molar-refractivity contribution is 9.10. The Morgan fingerprint density at radius 1 is 1.04 bits per heavy atom. The average Bonchev–Trinajstić information content (AvgIpc) is 2.89. The third-order valence-corrected chi connectivity index (χ3v) is 4.30. The summed E-state index contributed by atoms with van der Waals surface area (Å²) in [4.78, 5) is 4.50. The number of hydrogen-bond acceptors (Lipinski definition) is 3. The molecule has 4 nitrogen and oxygen atoms in total. The molecule has 0 saturated heterocycles. The third-order valence-electron chi connectivity index (χ3n) is 3.77.